The van der Waals surface area contributed by atoms with Crippen molar-refractivity contribution in [1.82, 2.24) is 0 Å². The predicted molar refractivity (Wildman–Crippen MR) is 84.4 cm³/mol. The Labute approximate surface area is 121 Å². The summed E-state index contributed by atoms with van der Waals surface area (Å²) in [6, 6.07) is 0. The third-order valence-corrected chi connectivity index (χ3v) is 5.43. The molecule has 0 aliphatic heterocycles. The van der Waals surface area contributed by atoms with E-state index in [9.17, 15) is 5.11 Å². The second kappa shape index (κ2) is 9.00. The molecule has 0 bridgehead atoms. The number of hydrogen-bond acceptors (Lipinski definition) is 1. The highest BCUT2D eigenvalue weighted by Gasteiger charge is 2.38. The fraction of sp³-hybridized carbons (Fsp3) is 1.00. The average Bonchev–Trinajstić information content (AvgIpc) is 2.39. The Morgan fingerprint density at radius 2 is 1.53 bits per heavy atom. The van der Waals surface area contributed by atoms with Crippen LogP contribution in [-0.2, 0) is 0 Å². The average molecular weight is 268 g/mol. The van der Waals surface area contributed by atoms with Crippen molar-refractivity contribution in [3.63, 3.8) is 0 Å². The summed E-state index contributed by atoms with van der Waals surface area (Å²) < 4.78 is 0. The first-order valence-corrected chi connectivity index (χ1v) is 8.82. The van der Waals surface area contributed by atoms with Gasteiger partial charge in [-0.3, -0.25) is 0 Å². The molecule has 0 aromatic rings. The minimum absolute atomic E-state index is 0.347. The van der Waals surface area contributed by atoms with Crippen LogP contribution in [0.5, 0.6) is 0 Å². The molecule has 0 aromatic carbocycles. The zero-order valence-corrected chi connectivity index (χ0v) is 13.6. The first-order chi connectivity index (χ1) is 9.10. The van der Waals surface area contributed by atoms with Crippen LogP contribution in [0, 0.1) is 11.8 Å². The van der Waals surface area contributed by atoms with Gasteiger partial charge in [0.2, 0.25) is 0 Å². The molecule has 1 heteroatoms. The fourth-order valence-corrected chi connectivity index (χ4v) is 3.66. The van der Waals surface area contributed by atoms with E-state index in [1.165, 1.54) is 64.2 Å². The van der Waals surface area contributed by atoms with Crippen molar-refractivity contribution in [1.29, 1.82) is 0 Å². The van der Waals surface area contributed by atoms with E-state index in [1.807, 2.05) is 0 Å². The Hall–Kier alpha value is -0.0400. The molecule has 0 radical (unpaired) electrons. The van der Waals surface area contributed by atoms with Crippen LogP contribution in [0.2, 0.25) is 0 Å². The molecule has 0 aromatic heterocycles. The highest BCUT2D eigenvalue weighted by atomic mass is 16.3. The predicted octanol–water partition coefficient (Wildman–Crippen LogP) is 5.70. The summed E-state index contributed by atoms with van der Waals surface area (Å²) in [5.74, 6) is 1.19. The number of aliphatic hydroxyl groups is 1. The molecule has 114 valence electrons. The van der Waals surface area contributed by atoms with Crippen LogP contribution < -0.4 is 0 Å². The summed E-state index contributed by atoms with van der Waals surface area (Å²) in [5.41, 5.74) is -0.347. The van der Waals surface area contributed by atoms with Gasteiger partial charge in [0, 0.05) is 0 Å². The lowest BCUT2D eigenvalue weighted by atomic mass is 9.68. The molecule has 1 nitrogen and oxygen atoms in total. The molecule has 19 heavy (non-hydrogen) atoms. The zero-order valence-electron chi connectivity index (χ0n) is 13.6. The number of rotatable bonds is 9. The second-order valence-electron chi connectivity index (χ2n) is 6.99. The molecule has 1 saturated carbocycles. The van der Waals surface area contributed by atoms with Crippen molar-refractivity contribution in [3.8, 4) is 0 Å². The first-order valence-electron chi connectivity index (χ1n) is 8.82. The van der Waals surface area contributed by atoms with E-state index in [-0.39, 0.29) is 5.60 Å². The summed E-state index contributed by atoms with van der Waals surface area (Å²) in [7, 11) is 0. The molecule has 1 aliphatic carbocycles. The minimum atomic E-state index is -0.347. The van der Waals surface area contributed by atoms with Crippen molar-refractivity contribution in [2.75, 3.05) is 0 Å². The smallest absolute Gasteiger partial charge is 0.0675 e. The first kappa shape index (κ1) is 17.0. The SMILES string of the molecule is CCCCCCCCCCC1(O)CCCC(C)C1C. The maximum absolute atomic E-state index is 10.8. The van der Waals surface area contributed by atoms with Gasteiger partial charge in [0.25, 0.3) is 0 Å². The van der Waals surface area contributed by atoms with Gasteiger partial charge >= 0.3 is 0 Å². The Morgan fingerprint density at radius 3 is 2.16 bits per heavy atom. The Morgan fingerprint density at radius 1 is 0.947 bits per heavy atom. The van der Waals surface area contributed by atoms with Crippen LogP contribution in [0.4, 0.5) is 0 Å². The monoisotopic (exact) mass is 268 g/mol. The molecule has 3 unspecified atom stereocenters. The van der Waals surface area contributed by atoms with E-state index in [2.05, 4.69) is 20.8 Å². The lowest BCUT2D eigenvalue weighted by Gasteiger charge is -2.42. The van der Waals surface area contributed by atoms with Gasteiger partial charge in [0.1, 0.15) is 0 Å². The quantitative estimate of drug-likeness (QED) is 0.531. The second-order valence-corrected chi connectivity index (χ2v) is 6.99. The zero-order chi connectivity index (χ0) is 14.1. The third-order valence-electron chi connectivity index (χ3n) is 5.43. The molecule has 1 aliphatic rings. The van der Waals surface area contributed by atoms with E-state index in [4.69, 9.17) is 0 Å². The van der Waals surface area contributed by atoms with Crippen molar-refractivity contribution in [2.45, 2.75) is 103 Å². The van der Waals surface area contributed by atoms with Crippen molar-refractivity contribution in [3.05, 3.63) is 0 Å². The third kappa shape index (κ3) is 5.85. The van der Waals surface area contributed by atoms with E-state index in [0.29, 0.717) is 11.8 Å². The molecule has 0 heterocycles. The maximum atomic E-state index is 10.8. The summed E-state index contributed by atoms with van der Waals surface area (Å²) in [5, 5.41) is 10.8. The van der Waals surface area contributed by atoms with E-state index >= 15 is 0 Å². The van der Waals surface area contributed by atoms with Gasteiger partial charge in [-0.05, 0) is 24.7 Å². The Balaban J connectivity index is 2.07. The molecular formula is C18H36O. The fourth-order valence-electron chi connectivity index (χ4n) is 3.66. The van der Waals surface area contributed by atoms with Gasteiger partial charge in [-0.2, -0.15) is 0 Å². The maximum Gasteiger partial charge on any atom is 0.0675 e. The van der Waals surface area contributed by atoms with Gasteiger partial charge < -0.3 is 5.11 Å². The van der Waals surface area contributed by atoms with Crippen molar-refractivity contribution in [2.24, 2.45) is 11.8 Å². The molecule has 0 spiro atoms. The summed E-state index contributed by atoms with van der Waals surface area (Å²) in [6.07, 6.45) is 15.5. The van der Waals surface area contributed by atoms with Gasteiger partial charge in [0.05, 0.1) is 5.60 Å². The topological polar surface area (TPSA) is 20.2 Å². The molecule has 1 fully saturated rings. The highest BCUT2D eigenvalue weighted by Crippen LogP contribution is 2.40. The van der Waals surface area contributed by atoms with E-state index < -0.39 is 0 Å². The standard InChI is InChI=1S/C18H36O/c1-4-5-6-7-8-9-10-11-14-18(19)15-12-13-16(2)17(18)3/h16-17,19H,4-15H2,1-3H3. The number of hydrogen-bond donors (Lipinski definition) is 1. The molecule has 1 N–H and O–H groups in total. The van der Waals surface area contributed by atoms with Gasteiger partial charge in [-0.15, -0.1) is 0 Å². The van der Waals surface area contributed by atoms with Crippen molar-refractivity contribution < 1.29 is 5.11 Å². The van der Waals surface area contributed by atoms with Gasteiger partial charge in [-0.1, -0.05) is 85.0 Å². The molecule has 3 atom stereocenters. The lowest BCUT2D eigenvalue weighted by molar-refractivity contribution is -0.0703. The molecule has 0 saturated heterocycles. The summed E-state index contributed by atoms with van der Waals surface area (Å²) in [6.45, 7) is 6.84. The Bertz CT molecular complexity index is 226. The van der Waals surface area contributed by atoms with Crippen LogP contribution in [0.25, 0.3) is 0 Å². The van der Waals surface area contributed by atoms with Crippen LogP contribution in [0.15, 0.2) is 0 Å². The summed E-state index contributed by atoms with van der Waals surface area (Å²) >= 11 is 0. The van der Waals surface area contributed by atoms with Crippen LogP contribution in [0.1, 0.15) is 97.8 Å². The van der Waals surface area contributed by atoms with Crippen LogP contribution in [-0.4, -0.2) is 10.7 Å². The van der Waals surface area contributed by atoms with Gasteiger partial charge in [0.15, 0.2) is 0 Å². The largest absolute Gasteiger partial charge is 0.390 e. The van der Waals surface area contributed by atoms with Crippen LogP contribution >= 0.6 is 0 Å². The minimum Gasteiger partial charge on any atom is -0.390 e. The van der Waals surface area contributed by atoms with Gasteiger partial charge in [-0.25, -0.2) is 0 Å². The molecule has 1 rings (SSSR count). The molecular weight excluding hydrogens is 232 g/mol. The molecule has 0 amide bonds. The highest BCUT2D eigenvalue weighted by molar-refractivity contribution is 4.90. The normalized spacial score (nSPS) is 31.6. The van der Waals surface area contributed by atoms with Crippen molar-refractivity contribution >= 4 is 0 Å². The van der Waals surface area contributed by atoms with E-state index in [0.717, 1.165) is 12.8 Å². The number of unbranched alkanes of at least 4 members (excludes halogenated alkanes) is 7. The summed E-state index contributed by atoms with van der Waals surface area (Å²) in [4.78, 5) is 0. The van der Waals surface area contributed by atoms with E-state index in [1.54, 1.807) is 0 Å². The Kier molecular flexibility index (Phi) is 8.06. The lowest BCUT2D eigenvalue weighted by Crippen LogP contribution is -2.42. The van der Waals surface area contributed by atoms with Crippen LogP contribution in [0.3, 0.4) is 0 Å².